The van der Waals surface area contributed by atoms with Crippen molar-refractivity contribution in [2.75, 3.05) is 19.0 Å². The van der Waals surface area contributed by atoms with Crippen molar-refractivity contribution in [3.05, 3.63) is 47.0 Å². The van der Waals surface area contributed by atoms with Gasteiger partial charge < -0.3 is 19.9 Å². The highest BCUT2D eigenvalue weighted by molar-refractivity contribution is 6.30. The molecule has 2 N–H and O–H groups in total. The molecule has 0 aliphatic carbocycles. The monoisotopic (exact) mass is 307 g/mol. The summed E-state index contributed by atoms with van der Waals surface area (Å²) in [6, 6.07) is 10.7. The summed E-state index contributed by atoms with van der Waals surface area (Å²) >= 11 is 6.01. The lowest BCUT2D eigenvalue weighted by Gasteiger charge is -2.13. The number of hydrogen-bond acceptors (Lipinski definition) is 4. The molecular formula is C16H18ClNO3. The number of halogens is 1. The Morgan fingerprint density at radius 1 is 1.14 bits per heavy atom. The van der Waals surface area contributed by atoms with E-state index in [1.54, 1.807) is 18.2 Å². The van der Waals surface area contributed by atoms with Crippen LogP contribution in [0.25, 0.3) is 0 Å². The van der Waals surface area contributed by atoms with Gasteiger partial charge in [-0.05, 0) is 42.8 Å². The Labute approximate surface area is 129 Å². The van der Waals surface area contributed by atoms with Crippen molar-refractivity contribution < 1.29 is 14.6 Å². The molecule has 0 saturated carbocycles. The number of methoxy groups -OCH3 is 1. The lowest BCUT2D eigenvalue weighted by molar-refractivity contribution is 0.341. The van der Waals surface area contributed by atoms with Gasteiger partial charge in [0.25, 0.3) is 0 Å². The van der Waals surface area contributed by atoms with E-state index >= 15 is 0 Å². The highest BCUT2D eigenvalue weighted by Gasteiger charge is 2.06. The van der Waals surface area contributed by atoms with Gasteiger partial charge in [0.05, 0.1) is 19.4 Å². The topological polar surface area (TPSA) is 50.7 Å². The summed E-state index contributed by atoms with van der Waals surface area (Å²) in [7, 11) is 1.52. The molecule has 4 nitrogen and oxygen atoms in total. The molecule has 0 aromatic heterocycles. The number of benzene rings is 2. The Balaban J connectivity index is 2.12. The second-order valence-electron chi connectivity index (χ2n) is 4.43. The molecule has 21 heavy (non-hydrogen) atoms. The standard InChI is InChI=1S/C16H18ClNO3/c1-3-21-15-7-5-12(17)9-13(15)18-10-11-4-6-16(20-2)14(19)8-11/h4-9,18-19H,3,10H2,1-2H3. The fourth-order valence-electron chi connectivity index (χ4n) is 1.96. The Kier molecular flexibility index (Phi) is 5.17. The smallest absolute Gasteiger partial charge is 0.160 e. The molecule has 0 aliphatic rings. The van der Waals surface area contributed by atoms with E-state index in [0.717, 1.165) is 17.0 Å². The number of hydrogen-bond donors (Lipinski definition) is 2. The number of aromatic hydroxyl groups is 1. The first-order valence-corrected chi connectivity index (χ1v) is 7.04. The summed E-state index contributed by atoms with van der Waals surface area (Å²) in [6.07, 6.45) is 0. The summed E-state index contributed by atoms with van der Waals surface area (Å²) in [5.74, 6) is 1.32. The fourth-order valence-corrected chi connectivity index (χ4v) is 2.14. The molecule has 5 heteroatoms. The molecule has 0 bridgehead atoms. The SMILES string of the molecule is CCOc1ccc(Cl)cc1NCc1ccc(OC)c(O)c1. The molecule has 0 amide bonds. The van der Waals surface area contributed by atoms with Crippen molar-refractivity contribution in [1.82, 2.24) is 0 Å². The maximum Gasteiger partial charge on any atom is 0.160 e. The zero-order valence-corrected chi connectivity index (χ0v) is 12.8. The van der Waals surface area contributed by atoms with Crippen LogP contribution in [-0.2, 0) is 6.54 Å². The Morgan fingerprint density at radius 3 is 2.57 bits per heavy atom. The van der Waals surface area contributed by atoms with Crippen molar-refractivity contribution in [3.63, 3.8) is 0 Å². The zero-order chi connectivity index (χ0) is 15.2. The van der Waals surface area contributed by atoms with Gasteiger partial charge in [0, 0.05) is 11.6 Å². The van der Waals surface area contributed by atoms with Crippen molar-refractivity contribution in [2.45, 2.75) is 13.5 Å². The highest BCUT2D eigenvalue weighted by Crippen LogP contribution is 2.30. The Morgan fingerprint density at radius 2 is 1.90 bits per heavy atom. The van der Waals surface area contributed by atoms with Gasteiger partial charge in [-0.25, -0.2) is 0 Å². The lowest BCUT2D eigenvalue weighted by Crippen LogP contribution is -2.03. The van der Waals surface area contributed by atoms with Gasteiger partial charge in [-0.1, -0.05) is 17.7 Å². The van der Waals surface area contributed by atoms with Crippen molar-refractivity contribution >= 4 is 17.3 Å². The highest BCUT2D eigenvalue weighted by atomic mass is 35.5. The average Bonchev–Trinajstić information content (AvgIpc) is 2.48. The third-order valence-electron chi connectivity index (χ3n) is 2.97. The van der Waals surface area contributed by atoms with Gasteiger partial charge in [0.2, 0.25) is 0 Å². The Bertz CT molecular complexity index is 616. The molecule has 112 valence electrons. The van der Waals surface area contributed by atoms with Crippen LogP contribution in [0.4, 0.5) is 5.69 Å². The number of rotatable bonds is 6. The predicted molar refractivity (Wildman–Crippen MR) is 84.6 cm³/mol. The number of phenols is 1. The Hall–Kier alpha value is -2.07. The van der Waals surface area contributed by atoms with Crippen molar-refractivity contribution in [3.8, 4) is 17.2 Å². The molecule has 0 fully saturated rings. The van der Waals surface area contributed by atoms with Crippen LogP contribution in [0.2, 0.25) is 5.02 Å². The van der Waals surface area contributed by atoms with Crippen molar-refractivity contribution in [2.24, 2.45) is 0 Å². The van der Waals surface area contributed by atoms with Crippen LogP contribution in [0.3, 0.4) is 0 Å². The van der Waals surface area contributed by atoms with Gasteiger partial charge in [0.15, 0.2) is 11.5 Å². The second kappa shape index (κ2) is 7.09. The van der Waals surface area contributed by atoms with E-state index in [9.17, 15) is 5.11 Å². The van der Waals surface area contributed by atoms with Gasteiger partial charge >= 0.3 is 0 Å². The van der Waals surface area contributed by atoms with Crippen LogP contribution in [0.5, 0.6) is 17.2 Å². The molecule has 0 spiro atoms. The normalized spacial score (nSPS) is 10.2. The third kappa shape index (κ3) is 3.95. The number of phenolic OH excluding ortho intramolecular Hbond substituents is 1. The minimum Gasteiger partial charge on any atom is -0.504 e. The number of ether oxygens (including phenoxy) is 2. The molecule has 0 saturated heterocycles. The van der Waals surface area contributed by atoms with E-state index in [0.29, 0.717) is 23.9 Å². The van der Waals surface area contributed by atoms with E-state index < -0.39 is 0 Å². The molecule has 2 aromatic carbocycles. The minimum absolute atomic E-state index is 0.118. The molecule has 2 rings (SSSR count). The minimum atomic E-state index is 0.118. The van der Waals surface area contributed by atoms with Crippen LogP contribution >= 0.6 is 11.6 Å². The fraction of sp³-hybridized carbons (Fsp3) is 0.250. The maximum atomic E-state index is 9.77. The number of nitrogens with one attached hydrogen (secondary N) is 1. The predicted octanol–water partition coefficient (Wildman–Crippen LogP) is 4.07. The molecule has 0 heterocycles. The van der Waals surface area contributed by atoms with Crippen LogP contribution in [0, 0.1) is 0 Å². The van der Waals surface area contributed by atoms with Crippen LogP contribution in [-0.4, -0.2) is 18.8 Å². The van der Waals surface area contributed by atoms with Gasteiger partial charge in [-0.3, -0.25) is 0 Å². The lowest BCUT2D eigenvalue weighted by atomic mass is 10.2. The van der Waals surface area contributed by atoms with E-state index in [1.807, 2.05) is 25.1 Å². The largest absolute Gasteiger partial charge is 0.504 e. The van der Waals surface area contributed by atoms with Crippen LogP contribution in [0.1, 0.15) is 12.5 Å². The summed E-state index contributed by atoms with van der Waals surface area (Å²) in [6.45, 7) is 3.05. The van der Waals surface area contributed by atoms with E-state index in [2.05, 4.69) is 5.32 Å². The molecular weight excluding hydrogens is 290 g/mol. The van der Waals surface area contributed by atoms with E-state index in [4.69, 9.17) is 21.1 Å². The summed E-state index contributed by atoms with van der Waals surface area (Å²) in [4.78, 5) is 0. The maximum absolute atomic E-state index is 9.77. The zero-order valence-electron chi connectivity index (χ0n) is 12.0. The van der Waals surface area contributed by atoms with Gasteiger partial charge in [-0.2, -0.15) is 0 Å². The van der Waals surface area contributed by atoms with Crippen LogP contribution in [0.15, 0.2) is 36.4 Å². The summed E-state index contributed by atoms with van der Waals surface area (Å²) in [5.41, 5.74) is 1.75. The first kappa shape index (κ1) is 15.3. The molecule has 2 aromatic rings. The molecule has 0 radical (unpaired) electrons. The first-order valence-electron chi connectivity index (χ1n) is 6.66. The summed E-state index contributed by atoms with van der Waals surface area (Å²) < 4.78 is 10.6. The quantitative estimate of drug-likeness (QED) is 0.845. The van der Waals surface area contributed by atoms with E-state index in [-0.39, 0.29) is 5.75 Å². The van der Waals surface area contributed by atoms with Crippen molar-refractivity contribution in [1.29, 1.82) is 0 Å². The van der Waals surface area contributed by atoms with Crippen LogP contribution < -0.4 is 14.8 Å². The van der Waals surface area contributed by atoms with Gasteiger partial charge in [-0.15, -0.1) is 0 Å². The number of anilines is 1. The molecule has 0 atom stereocenters. The van der Waals surface area contributed by atoms with Gasteiger partial charge in [0.1, 0.15) is 5.75 Å². The second-order valence-corrected chi connectivity index (χ2v) is 4.87. The average molecular weight is 308 g/mol. The molecule has 0 unspecified atom stereocenters. The van der Waals surface area contributed by atoms with E-state index in [1.165, 1.54) is 7.11 Å². The third-order valence-corrected chi connectivity index (χ3v) is 3.20. The summed E-state index contributed by atoms with van der Waals surface area (Å²) in [5, 5.41) is 13.7. The first-order chi connectivity index (χ1) is 10.1. The molecule has 0 aliphatic heterocycles.